The molecule has 0 radical (unpaired) electrons. The van der Waals surface area contributed by atoms with E-state index in [0.29, 0.717) is 16.6 Å². The predicted molar refractivity (Wildman–Crippen MR) is 94.2 cm³/mol. The number of benzene rings is 2. The lowest BCUT2D eigenvalue weighted by Gasteiger charge is -2.37. The summed E-state index contributed by atoms with van der Waals surface area (Å²) in [5.41, 5.74) is 2.77. The van der Waals surface area contributed by atoms with Crippen molar-refractivity contribution in [2.24, 2.45) is 10.7 Å². The highest BCUT2D eigenvalue weighted by Gasteiger charge is 2.56. The summed E-state index contributed by atoms with van der Waals surface area (Å²) in [5, 5.41) is 0.370. The molecule has 0 aliphatic carbocycles. The second-order valence-electron chi connectivity index (χ2n) is 6.46. The van der Waals surface area contributed by atoms with Crippen molar-refractivity contribution in [1.29, 1.82) is 0 Å². The summed E-state index contributed by atoms with van der Waals surface area (Å²) in [6.45, 7) is -0.0965. The molecule has 2 heterocycles. The van der Waals surface area contributed by atoms with Crippen LogP contribution < -0.4 is 5.73 Å². The Balaban J connectivity index is 1.92. The predicted octanol–water partition coefficient (Wildman–Crippen LogP) is 4.62. The number of alkyl halides is 2. The number of amidine groups is 1. The molecule has 3 aromatic rings. The van der Waals surface area contributed by atoms with Gasteiger partial charge in [-0.15, -0.1) is 0 Å². The van der Waals surface area contributed by atoms with Crippen LogP contribution in [0.15, 0.2) is 39.7 Å². The first-order chi connectivity index (χ1) is 13.1. The van der Waals surface area contributed by atoms with Crippen molar-refractivity contribution in [3.63, 3.8) is 0 Å². The Bertz CT molecular complexity index is 1130. The van der Waals surface area contributed by atoms with Crippen LogP contribution in [0.2, 0.25) is 5.02 Å². The topological polar surface area (TPSA) is 73.6 Å². The Kier molecular flexibility index (Phi) is 4.04. The minimum Gasteiger partial charge on any atom is -0.459 e. The summed E-state index contributed by atoms with van der Waals surface area (Å²) < 4.78 is 68.1. The second kappa shape index (κ2) is 6.10. The Morgan fingerprint density at radius 3 is 2.64 bits per heavy atom. The quantitative estimate of drug-likeness (QED) is 0.622. The highest BCUT2D eigenvalue weighted by molar-refractivity contribution is 6.31. The molecule has 2 N–H and O–H groups in total. The third-order valence-electron chi connectivity index (χ3n) is 4.61. The summed E-state index contributed by atoms with van der Waals surface area (Å²) in [5.74, 6) is -6.05. The van der Waals surface area contributed by atoms with Crippen LogP contribution in [-0.4, -0.2) is 23.5 Å². The molecule has 0 saturated heterocycles. The number of ether oxygens (including phenoxy) is 1. The van der Waals surface area contributed by atoms with Gasteiger partial charge in [0.05, 0.1) is 5.56 Å². The first-order valence-corrected chi connectivity index (χ1v) is 8.40. The van der Waals surface area contributed by atoms with Gasteiger partial charge in [0.2, 0.25) is 5.89 Å². The van der Waals surface area contributed by atoms with Crippen molar-refractivity contribution < 1.29 is 26.7 Å². The number of aromatic nitrogens is 1. The van der Waals surface area contributed by atoms with Crippen LogP contribution in [0.1, 0.15) is 12.5 Å². The van der Waals surface area contributed by atoms with Gasteiger partial charge in [-0.25, -0.2) is 18.8 Å². The van der Waals surface area contributed by atoms with Gasteiger partial charge in [-0.2, -0.15) is 8.78 Å². The van der Waals surface area contributed by atoms with Crippen molar-refractivity contribution in [2.75, 3.05) is 6.61 Å². The van der Waals surface area contributed by atoms with Crippen LogP contribution in [-0.2, 0) is 10.3 Å². The van der Waals surface area contributed by atoms with Crippen LogP contribution in [0.3, 0.4) is 0 Å². The Morgan fingerprint density at radius 2 is 1.89 bits per heavy atom. The van der Waals surface area contributed by atoms with E-state index in [0.717, 1.165) is 13.0 Å². The molecule has 2 aromatic carbocycles. The Hall–Kier alpha value is -2.81. The summed E-state index contributed by atoms with van der Waals surface area (Å²) in [4.78, 5) is 7.72. The number of halogens is 5. The zero-order valence-corrected chi connectivity index (χ0v) is 15.0. The van der Waals surface area contributed by atoms with E-state index >= 15 is 0 Å². The standard InChI is InChI=1S/C18H12ClF4N3O2/c1-17(18(22,23)7-27-16(24)26-17)10-5-9(11(20)6-12(10)21)15-25-13-3-2-8(19)4-14(13)28-15/h2-6H,7H2,1H3,(H2,24,26)/t17-/m1/s1. The van der Waals surface area contributed by atoms with Crippen molar-refractivity contribution in [2.45, 2.75) is 18.4 Å². The highest BCUT2D eigenvalue weighted by atomic mass is 35.5. The number of hydrogen-bond acceptors (Lipinski definition) is 5. The lowest BCUT2D eigenvalue weighted by Crippen LogP contribution is -2.51. The van der Waals surface area contributed by atoms with Crippen molar-refractivity contribution in [1.82, 2.24) is 4.98 Å². The normalized spacial score (nSPS) is 21.4. The van der Waals surface area contributed by atoms with Gasteiger partial charge in [0, 0.05) is 22.7 Å². The fourth-order valence-corrected chi connectivity index (χ4v) is 3.16. The number of aliphatic imine (C=N–C) groups is 1. The van der Waals surface area contributed by atoms with E-state index in [2.05, 4.69) is 14.7 Å². The van der Waals surface area contributed by atoms with Gasteiger partial charge in [-0.3, -0.25) is 0 Å². The zero-order chi connectivity index (χ0) is 20.3. The number of rotatable bonds is 2. The lowest BCUT2D eigenvalue weighted by molar-refractivity contribution is -0.117. The number of oxazole rings is 1. The smallest absolute Gasteiger partial charge is 0.310 e. The van der Waals surface area contributed by atoms with E-state index in [1.807, 2.05) is 0 Å². The summed E-state index contributed by atoms with van der Waals surface area (Å²) in [6.07, 6.45) is 0. The lowest BCUT2D eigenvalue weighted by atomic mass is 9.84. The fourth-order valence-electron chi connectivity index (χ4n) is 3.00. The molecular weight excluding hydrogens is 402 g/mol. The molecule has 1 aromatic heterocycles. The van der Waals surface area contributed by atoms with Crippen molar-refractivity contribution >= 4 is 28.7 Å². The van der Waals surface area contributed by atoms with Crippen LogP contribution in [0.25, 0.3) is 22.6 Å². The van der Waals surface area contributed by atoms with Gasteiger partial charge < -0.3 is 14.9 Å². The minimum absolute atomic E-state index is 0.216. The maximum absolute atomic E-state index is 14.5. The van der Waals surface area contributed by atoms with E-state index in [1.165, 1.54) is 6.07 Å². The third-order valence-corrected chi connectivity index (χ3v) is 4.84. The first kappa shape index (κ1) is 18.5. The maximum atomic E-state index is 14.5. The van der Waals surface area contributed by atoms with Gasteiger partial charge >= 0.3 is 5.92 Å². The van der Waals surface area contributed by atoms with E-state index in [1.54, 1.807) is 12.1 Å². The molecule has 146 valence electrons. The number of nitrogens with two attached hydrogens (primary N) is 1. The minimum atomic E-state index is -3.60. The first-order valence-electron chi connectivity index (χ1n) is 8.03. The van der Waals surface area contributed by atoms with Crippen LogP contribution in [0.5, 0.6) is 0 Å². The average molecular weight is 414 g/mol. The molecular formula is C18H12ClF4N3O2. The van der Waals surface area contributed by atoms with Gasteiger partial charge in [0.1, 0.15) is 17.2 Å². The third kappa shape index (κ3) is 2.77. The van der Waals surface area contributed by atoms with Gasteiger partial charge in [0.25, 0.3) is 6.02 Å². The fraction of sp³-hybridized carbons (Fsp3) is 0.222. The van der Waals surface area contributed by atoms with E-state index < -0.39 is 41.3 Å². The molecule has 1 atom stereocenters. The van der Waals surface area contributed by atoms with Crippen LogP contribution in [0.4, 0.5) is 17.6 Å². The molecule has 0 unspecified atom stereocenters. The van der Waals surface area contributed by atoms with Crippen LogP contribution >= 0.6 is 11.6 Å². The number of hydrogen-bond donors (Lipinski definition) is 1. The molecule has 5 nitrogen and oxygen atoms in total. The average Bonchev–Trinajstić information content (AvgIpc) is 3.01. The zero-order valence-electron chi connectivity index (χ0n) is 14.3. The van der Waals surface area contributed by atoms with Crippen LogP contribution in [0, 0.1) is 11.6 Å². The van der Waals surface area contributed by atoms with E-state index in [4.69, 9.17) is 21.8 Å². The number of nitrogens with zero attached hydrogens (tertiary/aromatic N) is 2. The molecule has 0 saturated carbocycles. The van der Waals surface area contributed by atoms with Gasteiger partial charge in [-0.1, -0.05) is 11.6 Å². The monoisotopic (exact) mass is 413 g/mol. The summed E-state index contributed by atoms with van der Waals surface area (Å²) >= 11 is 5.88. The molecule has 1 aliphatic heterocycles. The second-order valence-corrected chi connectivity index (χ2v) is 6.89. The van der Waals surface area contributed by atoms with Crippen molar-refractivity contribution in [3.05, 3.63) is 52.6 Å². The summed E-state index contributed by atoms with van der Waals surface area (Å²) in [7, 11) is 0. The SMILES string of the molecule is C[C@]1(c2cc(-c3nc4ccc(Cl)cc4o3)c(F)cc2F)N=C(N)OCC1(F)F. The molecule has 10 heteroatoms. The number of fused-ring (bicyclic) bond motifs is 1. The van der Waals surface area contributed by atoms with E-state index in [9.17, 15) is 17.6 Å². The molecule has 28 heavy (non-hydrogen) atoms. The van der Waals surface area contributed by atoms with Gasteiger partial charge in [-0.05, 0) is 25.1 Å². The Morgan fingerprint density at radius 1 is 1.14 bits per heavy atom. The molecule has 0 bridgehead atoms. The van der Waals surface area contributed by atoms with Gasteiger partial charge in [0.15, 0.2) is 17.7 Å². The van der Waals surface area contributed by atoms with E-state index in [-0.39, 0.29) is 17.0 Å². The Labute approximate surface area is 160 Å². The molecule has 0 spiro atoms. The molecule has 1 aliphatic rings. The largest absolute Gasteiger partial charge is 0.459 e. The maximum Gasteiger partial charge on any atom is 0.310 e. The molecule has 4 rings (SSSR count). The van der Waals surface area contributed by atoms with Crippen molar-refractivity contribution in [3.8, 4) is 11.5 Å². The molecule has 0 amide bonds. The summed E-state index contributed by atoms with van der Waals surface area (Å²) in [6, 6.07) is 5.43. The molecule has 0 fully saturated rings. The highest BCUT2D eigenvalue weighted by Crippen LogP contribution is 2.45.